The highest BCUT2D eigenvalue weighted by Gasteiger charge is 2.15. The molecule has 3 heteroatoms. The van der Waals surface area contributed by atoms with Crippen LogP contribution in [0.25, 0.3) is 0 Å². The summed E-state index contributed by atoms with van der Waals surface area (Å²) in [4.78, 5) is 14.0. The van der Waals surface area contributed by atoms with Gasteiger partial charge in [0.2, 0.25) is 0 Å². The van der Waals surface area contributed by atoms with Crippen molar-refractivity contribution in [2.45, 2.75) is 32.7 Å². The Morgan fingerprint density at radius 1 is 1.47 bits per heavy atom. The van der Waals surface area contributed by atoms with Crippen molar-refractivity contribution in [3.05, 3.63) is 35.4 Å². The molecule has 1 aromatic carbocycles. The minimum Gasteiger partial charge on any atom is -0.339 e. The maximum Gasteiger partial charge on any atom is 0.253 e. The fourth-order valence-corrected chi connectivity index (χ4v) is 1.70. The van der Waals surface area contributed by atoms with E-state index in [9.17, 15) is 4.79 Å². The van der Waals surface area contributed by atoms with E-state index < -0.39 is 0 Å². The Bertz CT molecular complexity index is 376. The number of rotatable bonds is 5. The summed E-state index contributed by atoms with van der Waals surface area (Å²) in [7, 11) is 1.85. The van der Waals surface area contributed by atoms with E-state index in [1.54, 1.807) is 4.90 Å². The second kappa shape index (κ2) is 6.40. The lowest BCUT2D eigenvalue weighted by atomic mass is 10.1. The van der Waals surface area contributed by atoms with Gasteiger partial charge >= 0.3 is 0 Å². The third-order valence-corrected chi connectivity index (χ3v) is 3.18. The first-order chi connectivity index (χ1) is 8.10. The second-order valence-corrected chi connectivity index (χ2v) is 4.41. The van der Waals surface area contributed by atoms with Gasteiger partial charge < -0.3 is 10.6 Å². The van der Waals surface area contributed by atoms with Crippen LogP contribution in [0.15, 0.2) is 24.3 Å². The fraction of sp³-hybridized carbons (Fsp3) is 0.500. The third-order valence-electron chi connectivity index (χ3n) is 3.18. The van der Waals surface area contributed by atoms with Crippen molar-refractivity contribution in [2.75, 3.05) is 13.6 Å². The molecule has 1 rings (SSSR count). The molecule has 3 nitrogen and oxygen atoms in total. The zero-order valence-electron chi connectivity index (χ0n) is 10.9. The van der Waals surface area contributed by atoms with Gasteiger partial charge in [0.25, 0.3) is 5.91 Å². The SMILES string of the molecule is CCC(C)N(C)C(=O)c1cccc(CCN)c1. The van der Waals surface area contributed by atoms with Crippen molar-refractivity contribution in [3.63, 3.8) is 0 Å². The van der Waals surface area contributed by atoms with Crippen LogP contribution < -0.4 is 5.73 Å². The number of amides is 1. The summed E-state index contributed by atoms with van der Waals surface area (Å²) in [5.41, 5.74) is 7.39. The van der Waals surface area contributed by atoms with E-state index >= 15 is 0 Å². The summed E-state index contributed by atoms with van der Waals surface area (Å²) in [5.74, 6) is 0.0817. The van der Waals surface area contributed by atoms with Crippen molar-refractivity contribution >= 4 is 5.91 Å². The van der Waals surface area contributed by atoms with Gasteiger partial charge in [-0.2, -0.15) is 0 Å². The Kier molecular flexibility index (Phi) is 5.16. The molecule has 0 aliphatic rings. The topological polar surface area (TPSA) is 46.3 Å². The number of hydrogen-bond donors (Lipinski definition) is 1. The van der Waals surface area contributed by atoms with Gasteiger partial charge in [0, 0.05) is 18.7 Å². The minimum absolute atomic E-state index is 0.0817. The molecule has 0 aromatic heterocycles. The van der Waals surface area contributed by atoms with Gasteiger partial charge in [0.05, 0.1) is 0 Å². The Labute approximate surface area is 104 Å². The molecule has 2 N–H and O–H groups in total. The summed E-state index contributed by atoms with van der Waals surface area (Å²) in [6, 6.07) is 7.99. The Morgan fingerprint density at radius 2 is 2.18 bits per heavy atom. The largest absolute Gasteiger partial charge is 0.339 e. The first-order valence-electron chi connectivity index (χ1n) is 6.16. The number of nitrogens with two attached hydrogens (primary N) is 1. The van der Waals surface area contributed by atoms with Gasteiger partial charge in [-0.05, 0) is 44.0 Å². The fourth-order valence-electron chi connectivity index (χ4n) is 1.70. The minimum atomic E-state index is 0.0817. The van der Waals surface area contributed by atoms with E-state index in [1.807, 2.05) is 31.3 Å². The van der Waals surface area contributed by atoms with Crippen molar-refractivity contribution in [1.82, 2.24) is 4.90 Å². The van der Waals surface area contributed by atoms with E-state index in [0.29, 0.717) is 6.54 Å². The average Bonchev–Trinajstić information content (AvgIpc) is 2.36. The van der Waals surface area contributed by atoms with Crippen LogP contribution in [0.2, 0.25) is 0 Å². The van der Waals surface area contributed by atoms with Gasteiger partial charge in [-0.15, -0.1) is 0 Å². The maximum atomic E-state index is 12.2. The molecule has 17 heavy (non-hydrogen) atoms. The predicted octanol–water partition coefficient (Wildman–Crippen LogP) is 2.06. The van der Waals surface area contributed by atoms with E-state index in [2.05, 4.69) is 13.8 Å². The molecule has 1 amide bonds. The smallest absolute Gasteiger partial charge is 0.253 e. The molecule has 1 unspecified atom stereocenters. The van der Waals surface area contributed by atoms with Crippen molar-refractivity contribution in [2.24, 2.45) is 5.73 Å². The molecule has 0 fully saturated rings. The molecule has 0 heterocycles. The molecule has 0 aliphatic carbocycles. The lowest BCUT2D eigenvalue weighted by Crippen LogP contribution is -2.34. The van der Waals surface area contributed by atoms with E-state index in [-0.39, 0.29) is 11.9 Å². The molecular formula is C14H22N2O. The number of carbonyl (C=O) groups is 1. The second-order valence-electron chi connectivity index (χ2n) is 4.41. The zero-order chi connectivity index (χ0) is 12.8. The summed E-state index contributed by atoms with van der Waals surface area (Å²) >= 11 is 0. The molecule has 94 valence electrons. The molecule has 1 aromatic rings. The highest BCUT2D eigenvalue weighted by Crippen LogP contribution is 2.11. The van der Waals surface area contributed by atoms with Crippen LogP contribution in [-0.4, -0.2) is 30.4 Å². The quantitative estimate of drug-likeness (QED) is 0.847. The molecule has 0 radical (unpaired) electrons. The Morgan fingerprint density at radius 3 is 2.76 bits per heavy atom. The number of nitrogens with zero attached hydrogens (tertiary/aromatic N) is 1. The van der Waals surface area contributed by atoms with Crippen LogP contribution in [0.3, 0.4) is 0 Å². The van der Waals surface area contributed by atoms with Crippen molar-refractivity contribution in [3.8, 4) is 0 Å². The van der Waals surface area contributed by atoms with E-state index in [0.717, 1.165) is 24.0 Å². The van der Waals surface area contributed by atoms with Gasteiger partial charge in [0.1, 0.15) is 0 Å². The molecule has 0 bridgehead atoms. The Hall–Kier alpha value is -1.35. The summed E-state index contributed by atoms with van der Waals surface area (Å²) < 4.78 is 0. The lowest BCUT2D eigenvalue weighted by molar-refractivity contribution is 0.0740. The highest BCUT2D eigenvalue weighted by atomic mass is 16.2. The molecule has 0 saturated carbocycles. The highest BCUT2D eigenvalue weighted by molar-refractivity contribution is 5.94. The number of benzene rings is 1. The molecular weight excluding hydrogens is 212 g/mol. The summed E-state index contributed by atoms with van der Waals surface area (Å²) in [6.45, 7) is 4.75. The van der Waals surface area contributed by atoms with E-state index in [1.165, 1.54) is 0 Å². The van der Waals surface area contributed by atoms with Crippen LogP contribution in [0.4, 0.5) is 0 Å². The number of carbonyl (C=O) groups excluding carboxylic acids is 1. The first-order valence-corrected chi connectivity index (χ1v) is 6.16. The van der Waals surface area contributed by atoms with Crippen LogP contribution in [-0.2, 0) is 6.42 Å². The van der Waals surface area contributed by atoms with Gasteiger partial charge in [-0.3, -0.25) is 4.79 Å². The summed E-state index contributed by atoms with van der Waals surface area (Å²) in [5, 5.41) is 0. The van der Waals surface area contributed by atoms with E-state index in [4.69, 9.17) is 5.73 Å². The molecule has 0 saturated heterocycles. The van der Waals surface area contributed by atoms with Gasteiger partial charge in [-0.1, -0.05) is 19.1 Å². The zero-order valence-corrected chi connectivity index (χ0v) is 10.9. The molecule has 0 aliphatic heterocycles. The summed E-state index contributed by atoms with van der Waals surface area (Å²) in [6.07, 6.45) is 1.78. The third kappa shape index (κ3) is 3.56. The van der Waals surface area contributed by atoms with Crippen LogP contribution in [0.5, 0.6) is 0 Å². The van der Waals surface area contributed by atoms with Crippen LogP contribution in [0.1, 0.15) is 36.2 Å². The van der Waals surface area contributed by atoms with Gasteiger partial charge in [0.15, 0.2) is 0 Å². The van der Waals surface area contributed by atoms with Crippen LogP contribution >= 0.6 is 0 Å². The van der Waals surface area contributed by atoms with Crippen molar-refractivity contribution in [1.29, 1.82) is 0 Å². The number of hydrogen-bond acceptors (Lipinski definition) is 2. The average molecular weight is 234 g/mol. The van der Waals surface area contributed by atoms with Gasteiger partial charge in [-0.25, -0.2) is 0 Å². The predicted molar refractivity (Wildman–Crippen MR) is 71.0 cm³/mol. The van der Waals surface area contributed by atoms with Crippen molar-refractivity contribution < 1.29 is 4.79 Å². The first kappa shape index (κ1) is 13.7. The lowest BCUT2D eigenvalue weighted by Gasteiger charge is -2.24. The normalized spacial score (nSPS) is 12.2. The standard InChI is InChI=1S/C14H22N2O/c1-4-11(2)16(3)14(17)13-7-5-6-12(10-13)8-9-15/h5-7,10-11H,4,8-9,15H2,1-3H3. The Balaban J connectivity index is 2.84. The maximum absolute atomic E-state index is 12.2. The molecule has 0 spiro atoms. The van der Waals surface area contributed by atoms with Crippen LogP contribution in [0, 0.1) is 0 Å². The molecule has 1 atom stereocenters. The monoisotopic (exact) mass is 234 g/mol.